The molecule has 5 nitrogen and oxygen atoms in total. The topological polar surface area (TPSA) is 74.4 Å². The quantitative estimate of drug-likeness (QED) is 0.791. The van der Waals surface area contributed by atoms with Crippen LogP contribution in [0.3, 0.4) is 0 Å². The van der Waals surface area contributed by atoms with Crippen molar-refractivity contribution in [2.75, 3.05) is 13.7 Å². The number of hydrogen-bond donors (Lipinski definition) is 1. The molecule has 0 aromatic carbocycles. The Hall–Kier alpha value is -1.62. The van der Waals surface area contributed by atoms with E-state index in [0.717, 1.165) is 18.5 Å². The molecule has 1 aliphatic carbocycles. The van der Waals surface area contributed by atoms with E-state index in [2.05, 4.69) is 9.72 Å². The number of carbonyl (C=O) groups is 1. The number of nitrogens with zero attached hydrogens (tertiary/aromatic N) is 1. The highest BCUT2D eigenvalue weighted by Gasteiger charge is 2.39. The molecular formula is C12H16N2O3. The highest BCUT2D eigenvalue weighted by Crippen LogP contribution is 2.33. The lowest BCUT2D eigenvalue weighted by Gasteiger charge is -2.13. The van der Waals surface area contributed by atoms with Crippen molar-refractivity contribution in [1.82, 2.24) is 4.98 Å². The first-order valence-corrected chi connectivity index (χ1v) is 5.51. The summed E-state index contributed by atoms with van der Waals surface area (Å²) < 4.78 is 10.2. The van der Waals surface area contributed by atoms with Gasteiger partial charge in [0.05, 0.1) is 23.9 Å². The molecule has 1 aromatic rings. The zero-order valence-electron chi connectivity index (χ0n) is 10.0. The number of nitrogens with two attached hydrogens (primary N) is 1. The van der Waals surface area contributed by atoms with E-state index in [1.807, 2.05) is 6.92 Å². The first-order valence-electron chi connectivity index (χ1n) is 5.51. The van der Waals surface area contributed by atoms with E-state index in [0.29, 0.717) is 17.9 Å². The monoisotopic (exact) mass is 236 g/mol. The summed E-state index contributed by atoms with van der Waals surface area (Å²) in [6.45, 7) is 2.28. The van der Waals surface area contributed by atoms with Gasteiger partial charge in [-0.1, -0.05) is 0 Å². The Labute approximate surface area is 99.9 Å². The number of aromatic nitrogens is 1. The molecule has 0 saturated heterocycles. The van der Waals surface area contributed by atoms with Gasteiger partial charge in [-0.15, -0.1) is 0 Å². The third-order valence-electron chi connectivity index (χ3n) is 2.87. The summed E-state index contributed by atoms with van der Waals surface area (Å²) in [7, 11) is 1.34. The van der Waals surface area contributed by atoms with Gasteiger partial charge in [-0.2, -0.15) is 0 Å². The van der Waals surface area contributed by atoms with E-state index in [1.165, 1.54) is 13.3 Å². The van der Waals surface area contributed by atoms with Crippen LogP contribution in [0.2, 0.25) is 0 Å². The third kappa shape index (κ3) is 2.74. The summed E-state index contributed by atoms with van der Waals surface area (Å²) in [5.74, 6) is 0.167. The number of aryl methyl sites for hydroxylation is 1. The second kappa shape index (κ2) is 4.33. The molecule has 2 N–H and O–H groups in total. The minimum atomic E-state index is -0.420. The molecule has 1 fully saturated rings. The van der Waals surface area contributed by atoms with Crippen molar-refractivity contribution < 1.29 is 14.3 Å². The second-order valence-electron chi connectivity index (χ2n) is 4.45. The highest BCUT2D eigenvalue weighted by atomic mass is 16.5. The van der Waals surface area contributed by atoms with Crippen LogP contribution in [-0.2, 0) is 4.74 Å². The van der Waals surface area contributed by atoms with Crippen LogP contribution in [0.15, 0.2) is 12.3 Å². The van der Waals surface area contributed by atoms with Gasteiger partial charge in [0.2, 0.25) is 0 Å². The number of rotatable bonds is 4. The second-order valence-corrected chi connectivity index (χ2v) is 4.45. The lowest BCUT2D eigenvalue weighted by Crippen LogP contribution is -2.30. The van der Waals surface area contributed by atoms with Crippen LogP contribution in [0.5, 0.6) is 5.75 Å². The van der Waals surface area contributed by atoms with Gasteiger partial charge in [-0.3, -0.25) is 4.98 Å². The van der Waals surface area contributed by atoms with Crippen LogP contribution in [0.1, 0.15) is 28.9 Å². The number of esters is 1. The number of hydrogen-bond acceptors (Lipinski definition) is 5. The van der Waals surface area contributed by atoms with Gasteiger partial charge in [-0.05, 0) is 25.8 Å². The maximum Gasteiger partial charge on any atom is 0.339 e. The molecule has 1 aromatic heterocycles. The largest absolute Gasteiger partial charge is 0.490 e. The van der Waals surface area contributed by atoms with Crippen LogP contribution in [0.25, 0.3) is 0 Å². The summed E-state index contributed by atoms with van der Waals surface area (Å²) in [6.07, 6.45) is 3.44. The van der Waals surface area contributed by atoms with E-state index in [-0.39, 0.29) is 5.54 Å². The average Bonchev–Trinajstić information content (AvgIpc) is 3.06. The molecule has 0 atom stereocenters. The van der Waals surface area contributed by atoms with E-state index < -0.39 is 5.97 Å². The molecular weight excluding hydrogens is 220 g/mol. The van der Waals surface area contributed by atoms with Crippen molar-refractivity contribution in [1.29, 1.82) is 0 Å². The summed E-state index contributed by atoms with van der Waals surface area (Å²) in [6, 6.07) is 1.64. The predicted octanol–water partition coefficient (Wildman–Crippen LogP) is 1.05. The van der Waals surface area contributed by atoms with Crippen LogP contribution >= 0.6 is 0 Å². The number of pyridine rings is 1. The lowest BCUT2D eigenvalue weighted by molar-refractivity contribution is 0.0599. The zero-order chi connectivity index (χ0) is 12.5. The summed E-state index contributed by atoms with van der Waals surface area (Å²) in [5.41, 5.74) is 6.87. The Bertz CT molecular complexity index is 441. The molecule has 0 bridgehead atoms. The Morgan fingerprint density at radius 2 is 2.29 bits per heavy atom. The standard InChI is InChI=1S/C12H16N2O3/c1-8-10(17-7-12(13)3-4-12)5-9(6-14-8)11(15)16-2/h5-6H,3-4,7,13H2,1-2H3. The number of ether oxygens (including phenoxy) is 2. The van der Waals surface area contributed by atoms with E-state index in [9.17, 15) is 4.79 Å². The highest BCUT2D eigenvalue weighted by molar-refractivity contribution is 5.89. The maximum atomic E-state index is 11.3. The predicted molar refractivity (Wildman–Crippen MR) is 62.0 cm³/mol. The van der Waals surface area contributed by atoms with Crippen molar-refractivity contribution in [2.24, 2.45) is 5.73 Å². The lowest BCUT2D eigenvalue weighted by atomic mass is 10.2. The molecule has 5 heteroatoms. The molecule has 92 valence electrons. The SMILES string of the molecule is COC(=O)c1cnc(C)c(OCC2(N)CC2)c1. The van der Waals surface area contributed by atoms with E-state index in [4.69, 9.17) is 10.5 Å². The molecule has 0 unspecified atom stereocenters. The molecule has 17 heavy (non-hydrogen) atoms. The van der Waals surface area contributed by atoms with Crippen molar-refractivity contribution in [3.05, 3.63) is 23.5 Å². The Balaban J connectivity index is 2.11. The number of methoxy groups -OCH3 is 1. The molecule has 0 radical (unpaired) electrons. The maximum absolute atomic E-state index is 11.3. The summed E-state index contributed by atoms with van der Waals surface area (Å²) >= 11 is 0. The van der Waals surface area contributed by atoms with Gasteiger partial charge in [0.1, 0.15) is 12.4 Å². The summed E-state index contributed by atoms with van der Waals surface area (Å²) in [5, 5.41) is 0. The smallest absolute Gasteiger partial charge is 0.339 e. The van der Waals surface area contributed by atoms with Gasteiger partial charge in [-0.25, -0.2) is 4.79 Å². The van der Waals surface area contributed by atoms with Crippen LogP contribution in [-0.4, -0.2) is 30.2 Å². The fourth-order valence-electron chi connectivity index (χ4n) is 1.41. The number of carbonyl (C=O) groups excluding carboxylic acids is 1. The van der Waals surface area contributed by atoms with Crippen LogP contribution < -0.4 is 10.5 Å². The minimum Gasteiger partial charge on any atom is -0.490 e. The fourth-order valence-corrected chi connectivity index (χ4v) is 1.41. The Morgan fingerprint density at radius 3 is 2.88 bits per heavy atom. The first-order chi connectivity index (χ1) is 8.04. The van der Waals surface area contributed by atoms with Gasteiger partial charge >= 0.3 is 5.97 Å². The molecule has 2 rings (SSSR count). The summed E-state index contributed by atoms with van der Waals surface area (Å²) in [4.78, 5) is 15.5. The molecule has 0 amide bonds. The van der Waals surface area contributed by atoms with Crippen molar-refractivity contribution in [3.63, 3.8) is 0 Å². The van der Waals surface area contributed by atoms with Gasteiger partial charge in [0, 0.05) is 6.20 Å². The van der Waals surface area contributed by atoms with E-state index in [1.54, 1.807) is 6.07 Å². The Kier molecular flexibility index (Phi) is 3.02. The molecule has 1 saturated carbocycles. The van der Waals surface area contributed by atoms with Crippen LogP contribution in [0, 0.1) is 6.92 Å². The fraction of sp³-hybridized carbons (Fsp3) is 0.500. The van der Waals surface area contributed by atoms with Crippen molar-refractivity contribution in [3.8, 4) is 5.75 Å². The molecule has 1 heterocycles. The Morgan fingerprint density at radius 1 is 1.59 bits per heavy atom. The average molecular weight is 236 g/mol. The zero-order valence-corrected chi connectivity index (χ0v) is 10.0. The van der Waals surface area contributed by atoms with Crippen LogP contribution in [0.4, 0.5) is 0 Å². The molecule has 1 aliphatic rings. The van der Waals surface area contributed by atoms with E-state index >= 15 is 0 Å². The van der Waals surface area contributed by atoms with Gasteiger partial charge < -0.3 is 15.2 Å². The normalized spacial score (nSPS) is 16.4. The van der Waals surface area contributed by atoms with Gasteiger partial charge in [0.25, 0.3) is 0 Å². The van der Waals surface area contributed by atoms with Crippen molar-refractivity contribution in [2.45, 2.75) is 25.3 Å². The minimum absolute atomic E-state index is 0.187. The van der Waals surface area contributed by atoms with Gasteiger partial charge in [0.15, 0.2) is 0 Å². The third-order valence-corrected chi connectivity index (χ3v) is 2.87. The molecule has 0 aliphatic heterocycles. The van der Waals surface area contributed by atoms with Crippen molar-refractivity contribution >= 4 is 5.97 Å². The molecule has 0 spiro atoms. The first kappa shape index (κ1) is 11.9.